The second-order valence-electron chi connectivity index (χ2n) is 10.6. The molecule has 0 aliphatic carbocycles. The Kier molecular flexibility index (Phi) is 8.30. The molecule has 0 spiro atoms. The number of para-hydroxylation sites is 1. The third kappa shape index (κ3) is 6.27. The summed E-state index contributed by atoms with van der Waals surface area (Å²) in [5, 5.41) is 0.535. The van der Waals surface area contributed by atoms with Crippen LogP contribution in [0.1, 0.15) is 44.2 Å². The zero-order chi connectivity index (χ0) is 25.8. The molecule has 1 fully saturated rings. The summed E-state index contributed by atoms with van der Waals surface area (Å²) in [4.78, 5) is 18.2. The van der Waals surface area contributed by atoms with Crippen LogP contribution in [0.5, 0.6) is 23.0 Å². The monoisotopic (exact) mass is 528 g/mol. The summed E-state index contributed by atoms with van der Waals surface area (Å²) in [5.41, 5.74) is 2.08. The average Bonchev–Trinajstić information content (AvgIpc) is 3.14. The third-order valence-corrected chi connectivity index (χ3v) is 7.31. The molecule has 8 heteroatoms. The first-order valence-corrected chi connectivity index (χ1v) is 13.8. The van der Waals surface area contributed by atoms with Crippen LogP contribution in [0.3, 0.4) is 0 Å². The fourth-order valence-electron chi connectivity index (χ4n) is 5.43. The molecule has 0 unspecified atom stereocenters. The van der Waals surface area contributed by atoms with Gasteiger partial charge in [-0.3, -0.25) is 9.69 Å². The van der Waals surface area contributed by atoms with Crippen LogP contribution in [-0.4, -0.2) is 61.8 Å². The van der Waals surface area contributed by atoms with E-state index in [1.165, 1.54) is 0 Å². The fraction of sp³-hybridized carbons (Fsp3) is 0.552. The van der Waals surface area contributed by atoms with E-state index in [2.05, 4.69) is 24.8 Å². The van der Waals surface area contributed by atoms with E-state index in [0.29, 0.717) is 62.0 Å². The van der Waals surface area contributed by atoms with E-state index in [4.69, 9.17) is 30.5 Å². The van der Waals surface area contributed by atoms with Crippen molar-refractivity contribution < 1.29 is 23.7 Å². The number of fused-ring (bicyclic) bond motifs is 2. The topological polar surface area (TPSA) is 60.5 Å². The minimum absolute atomic E-state index is 0.0416. The van der Waals surface area contributed by atoms with Crippen LogP contribution in [0, 0.1) is 11.8 Å². The molecule has 0 aromatic heterocycles. The number of carbonyl (C=O) groups is 1. The second-order valence-corrected chi connectivity index (χ2v) is 11.0. The first kappa shape index (κ1) is 26.0. The van der Waals surface area contributed by atoms with Crippen LogP contribution < -0.4 is 18.9 Å². The Labute approximate surface area is 224 Å². The number of piperidine rings is 1. The lowest BCUT2D eigenvalue weighted by Crippen LogP contribution is -2.45. The highest BCUT2D eigenvalue weighted by Gasteiger charge is 2.31. The number of hydrogen-bond acceptors (Lipinski definition) is 6. The zero-order valence-corrected chi connectivity index (χ0v) is 22.6. The predicted molar refractivity (Wildman–Crippen MR) is 143 cm³/mol. The normalized spacial score (nSPS) is 19.4. The highest BCUT2D eigenvalue weighted by atomic mass is 35.5. The minimum atomic E-state index is -0.0416. The Balaban J connectivity index is 1.29. The number of carbonyl (C=O) groups excluding carboxylic acids is 1. The molecule has 5 rings (SSSR count). The molecule has 0 N–H and O–H groups in total. The fourth-order valence-corrected chi connectivity index (χ4v) is 5.72. The van der Waals surface area contributed by atoms with Crippen molar-refractivity contribution in [3.63, 3.8) is 0 Å². The molecule has 1 saturated heterocycles. The molecule has 1 amide bonds. The molecular weight excluding hydrogens is 492 g/mol. The molecule has 3 aliphatic heterocycles. The molecule has 37 heavy (non-hydrogen) atoms. The van der Waals surface area contributed by atoms with Gasteiger partial charge in [-0.2, -0.15) is 0 Å². The Morgan fingerprint density at radius 2 is 1.81 bits per heavy atom. The van der Waals surface area contributed by atoms with Crippen molar-refractivity contribution in [2.45, 2.75) is 46.2 Å². The van der Waals surface area contributed by atoms with E-state index in [9.17, 15) is 4.79 Å². The van der Waals surface area contributed by atoms with Gasteiger partial charge < -0.3 is 23.8 Å². The van der Waals surface area contributed by atoms with Gasteiger partial charge in [-0.05, 0) is 49.1 Å². The summed E-state index contributed by atoms with van der Waals surface area (Å²) in [6.07, 6.45) is 2.72. The third-order valence-electron chi connectivity index (χ3n) is 7.03. The van der Waals surface area contributed by atoms with E-state index in [1.807, 2.05) is 29.2 Å². The van der Waals surface area contributed by atoms with Crippen molar-refractivity contribution in [2.24, 2.45) is 11.8 Å². The van der Waals surface area contributed by atoms with Crippen LogP contribution in [-0.2, 0) is 17.9 Å². The molecule has 7 nitrogen and oxygen atoms in total. The molecule has 2 aromatic rings. The molecule has 0 saturated carbocycles. The van der Waals surface area contributed by atoms with Gasteiger partial charge in [-0.25, -0.2) is 0 Å². The number of rotatable bonds is 7. The highest BCUT2D eigenvalue weighted by molar-refractivity contribution is 6.32. The SMILES string of the molecule is CC(C)CN(Cc1cc(Cl)c2c(c1)OCCCO2)C(=O)[C@@H]1CCCN(Cc2cccc3c2OCCO3)C1. The van der Waals surface area contributed by atoms with Gasteiger partial charge in [0.25, 0.3) is 0 Å². The van der Waals surface area contributed by atoms with Gasteiger partial charge in [0.1, 0.15) is 13.2 Å². The van der Waals surface area contributed by atoms with Crippen LogP contribution in [0.2, 0.25) is 5.02 Å². The maximum atomic E-state index is 13.9. The average molecular weight is 529 g/mol. The molecule has 3 aliphatic rings. The molecule has 1 atom stereocenters. The molecule has 0 bridgehead atoms. The Morgan fingerprint density at radius 3 is 2.68 bits per heavy atom. The number of benzene rings is 2. The van der Waals surface area contributed by atoms with Crippen molar-refractivity contribution >= 4 is 17.5 Å². The lowest BCUT2D eigenvalue weighted by Gasteiger charge is -2.36. The summed E-state index contributed by atoms with van der Waals surface area (Å²) >= 11 is 6.55. The smallest absolute Gasteiger partial charge is 0.227 e. The summed E-state index contributed by atoms with van der Waals surface area (Å²) in [6, 6.07) is 9.94. The first-order valence-electron chi connectivity index (χ1n) is 13.4. The molecule has 200 valence electrons. The van der Waals surface area contributed by atoms with Gasteiger partial charge in [0.05, 0.1) is 24.2 Å². The van der Waals surface area contributed by atoms with Gasteiger partial charge in [0.2, 0.25) is 5.91 Å². The van der Waals surface area contributed by atoms with Gasteiger partial charge in [0.15, 0.2) is 23.0 Å². The molecule has 2 aromatic carbocycles. The number of ether oxygens (including phenoxy) is 4. The van der Waals surface area contributed by atoms with Gasteiger partial charge in [-0.15, -0.1) is 0 Å². The maximum Gasteiger partial charge on any atom is 0.227 e. The first-order chi connectivity index (χ1) is 18.0. The number of halogens is 1. The largest absolute Gasteiger partial charge is 0.489 e. The van der Waals surface area contributed by atoms with E-state index in [-0.39, 0.29) is 11.8 Å². The van der Waals surface area contributed by atoms with Gasteiger partial charge in [-0.1, -0.05) is 37.6 Å². The number of nitrogens with zero attached hydrogens (tertiary/aromatic N) is 2. The lowest BCUT2D eigenvalue weighted by molar-refractivity contribution is -0.138. The summed E-state index contributed by atoms with van der Waals surface area (Å²) in [6.45, 7) is 10.3. The Hall–Kier alpha value is -2.64. The number of amides is 1. The standard InChI is InChI=1S/C29H37ClN2O5/c1-20(2)16-32(17-21-14-24(30)28-26(15-21)34-10-5-11-36-28)29(33)23-7-4-9-31(19-23)18-22-6-3-8-25-27(22)37-13-12-35-25/h3,6,8,14-15,20,23H,4-5,7,9-13,16-19H2,1-2H3/t23-/m1/s1. The van der Waals surface area contributed by atoms with E-state index >= 15 is 0 Å². The van der Waals surface area contributed by atoms with E-state index in [1.54, 1.807) is 0 Å². The van der Waals surface area contributed by atoms with Gasteiger partial charge in [0, 0.05) is 38.2 Å². The van der Waals surface area contributed by atoms with Gasteiger partial charge >= 0.3 is 0 Å². The Morgan fingerprint density at radius 1 is 1.03 bits per heavy atom. The second kappa shape index (κ2) is 11.8. The van der Waals surface area contributed by atoms with Crippen molar-refractivity contribution in [1.82, 2.24) is 9.80 Å². The highest BCUT2D eigenvalue weighted by Crippen LogP contribution is 2.39. The minimum Gasteiger partial charge on any atom is -0.489 e. The quantitative estimate of drug-likeness (QED) is 0.494. The molecule has 0 radical (unpaired) electrons. The number of hydrogen-bond donors (Lipinski definition) is 0. The van der Waals surface area contributed by atoms with Crippen LogP contribution in [0.25, 0.3) is 0 Å². The maximum absolute atomic E-state index is 13.9. The van der Waals surface area contributed by atoms with Crippen molar-refractivity contribution in [3.8, 4) is 23.0 Å². The predicted octanol–water partition coefficient (Wildman–Crippen LogP) is 5.17. The Bertz CT molecular complexity index is 1110. The molecule has 3 heterocycles. The summed E-state index contributed by atoms with van der Waals surface area (Å²) in [5.74, 6) is 3.44. The van der Waals surface area contributed by atoms with Crippen LogP contribution >= 0.6 is 11.6 Å². The van der Waals surface area contributed by atoms with Crippen molar-refractivity contribution in [1.29, 1.82) is 0 Å². The molecular formula is C29H37ClN2O5. The van der Waals surface area contributed by atoms with Crippen LogP contribution in [0.4, 0.5) is 0 Å². The van der Waals surface area contributed by atoms with Crippen molar-refractivity contribution in [3.05, 3.63) is 46.5 Å². The van der Waals surface area contributed by atoms with E-state index < -0.39 is 0 Å². The summed E-state index contributed by atoms with van der Waals surface area (Å²) in [7, 11) is 0. The lowest BCUT2D eigenvalue weighted by atomic mass is 9.95. The van der Waals surface area contributed by atoms with E-state index in [0.717, 1.165) is 61.5 Å². The van der Waals surface area contributed by atoms with Crippen LogP contribution in [0.15, 0.2) is 30.3 Å². The number of likely N-dealkylation sites (tertiary alicyclic amines) is 1. The van der Waals surface area contributed by atoms with Crippen molar-refractivity contribution in [2.75, 3.05) is 46.1 Å². The zero-order valence-electron chi connectivity index (χ0n) is 21.8. The summed E-state index contributed by atoms with van der Waals surface area (Å²) < 4.78 is 23.3.